The van der Waals surface area contributed by atoms with Gasteiger partial charge < -0.3 is 10.6 Å². The number of nitrogens with zero attached hydrogens (tertiary/aromatic N) is 1. The largest absolute Gasteiger partial charge is 0.327 e. The molecule has 0 aromatic rings. The molecule has 0 saturated heterocycles. The van der Waals surface area contributed by atoms with E-state index in [1.54, 1.807) is 0 Å². The van der Waals surface area contributed by atoms with Gasteiger partial charge in [0, 0.05) is 19.6 Å². The van der Waals surface area contributed by atoms with Crippen molar-refractivity contribution in [1.82, 2.24) is 4.90 Å². The fraction of sp³-hybridized carbons (Fsp3) is 0.800. The summed E-state index contributed by atoms with van der Waals surface area (Å²) in [5.41, 5.74) is 5.72. The summed E-state index contributed by atoms with van der Waals surface area (Å²) in [7, 11) is 2.13. The Morgan fingerprint density at radius 3 is 2.25 bits per heavy atom. The molecule has 12 heavy (non-hydrogen) atoms. The zero-order chi connectivity index (χ0) is 9.61. The van der Waals surface area contributed by atoms with E-state index in [1.165, 1.54) is 0 Å². The molecule has 0 saturated carbocycles. The van der Waals surface area contributed by atoms with E-state index in [4.69, 9.17) is 5.73 Å². The van der Waals surface area contributed by atoms with Crippen molar-refractivity contribution in [1.29, 1.82) is 0 Å². The molecule has 0 aromatic heterocycles. The zero-order valence-corrected chi connectivity index (χ0v) is 8.80. The lowest BCUT2D eigenvalue weighted by Gasteiger charge is -2.25. The van der Waals surface area contributed by atoms with Crippen LogP contribution < -0.4 is 5.73 Å². The van der Waals surface area contributed by atoms with Crippen molar-refractivity contribution in [3.63, 3.8) is 0 Å². The molecule has 0 aliphatic rings. The smallest absolute Gasteiger partial charge is 0.0160 e. The third kappa shape index (κ3) is 7.76. The highest BCUT2D eigenvalue weighted by molar-refractivity contribution is 4.85. The normalized spacial score (nSPS) is 13.2. The third-order valence-electron chi connectivity index (χ3n) is 1.46. The Morgan fingerprint density at radius 2 is 1.83 bits per heavy atom. The van der Waals surface area contributed by atoms with Crippen molar-refractivity contribution in [3.05, 3.63) is 12.2 Å². The number of rotatable bonds is 4. The van der Waals surface area contributed by atoms with Crippen LogP contribution in [0.4, 0.5) is 0 Å². The molecule has 0 rings (SSSR count). The van der Waals surface area contributed by atoms with Crippen molar-refractivity contribution in [3.8, 4) is 0 Å². The maximum absolute atomic E-state index is 5.34. The van der Waals surface area contributed by atoms with Gasteiger partial charge in [-0.1, -0.05) is 32.9 Å². The van der Waals surface area contributed by atoms with Crippen LogP contribution in [0, 0.1) is 5.41 Å². The minimum atomic E-state index is 0.380. The molecule has 0 aromatic carbocycles. The van der Waals surface area contributed by atoms with Crippen molar-refractivity contribution < 1.29 is 0 Å². The molecule has 2 heteroatoms. The van der Waals surface area contributed by atoms with Crippen molar-refractivity contribution in [2.24, 2.45) is 11.1 Å². The SMILES string of the molecule is CN(CC=CCN)CC(C)(C)C. The Labute approximate surface area is 76.4 Å². The highest BCUT2D eigenvalue weighted by Crippen LogP contribution is 2.13. The average Bonchev–Trinajstić information content (AvgIpc) is 1.84. The van der Waals surface area contributed by atoms with E-state index in [-0.39, 0.29) is 0 Å². The summed E-state index contributed by atoms with van der Waals surface area (Å²) in [4.78, 5) is 2.30. The van der Waals surface area contributed by atoms with Crippen LogP contribution >= 0.6 is 0 Å². The van der Waals surface area contributed by atoms with Gasteiger partial charge in [0.1, 0.15) is 0 Å². The highest BCUT2D eigenvalue weighted by Gasteiger charge is 2.11. The van der Waals surface area contributed by atoms with Crippen LogP contribution in [-0.2, 0) is 0 Å². The highest BCUT2D eigenvalue weighted by atomic mass is 15.1. The Balaban J connectivity index is 3.60. The fourth-order valence-corrected chi connectivity index (χ4v) is 1.23. The first-order chi connectivity index (χ1) is 5.45. The van der Waals surface area contributed by atoms with Crippen LogP contribution in [0.2, 0.25) is 0 Å². The molecular formula is C10H22N2. The Morgan fingerprint density at radius 1 is 1.25 bits per heavy atom. The Hall–Kier alpha value is -0.340. The average molecular weight is 170 g/mol. The summed E-state index contributed by atoms with van der Waals surface area (Å²) in [6.07, 6.45) is 4.12. The van der Waals surface area contributed by atoms with Gasteiger partial charge in [-0.3, -0.25) is 0 Å². The molecule has 0 unspecified atom stereocenters. The summed E-state index contributed by atoms with van der Waals surface area (Å²) >= 11 is 0. The number of hydrogen-bond donors (Lipinski definition) is 1. The predicted octanol–water partition coefficient (Wildman–Crippen LogP) is 1.48. The van der Waals surface area contributed by atoms with Crippen molar-refractivity contribution in [2.45, 2.75) is 20.8 Å². The Bertz CT molecular complexity index is 133. The van der Waals surface area contributed by atoms with E-state index >= 15 is 0 Å². The molecule has 0 radical (unpaired) electrons. The summed E-state index contributed by atoms with van der Waals surface area (Å²) in [6.45, 7) is 9.49. The number of nitrogens with two attached hydrogens (primary N) is 1. The molecule has 0 spiro atoms. The molecule has 72 valence electrons. The lowest BCUT2D eigenvalue weighted by molar-refractivity contribution is 0.244. The first kappa shape index (κ1) is 11.7. The topological polar surface area (TPSA) is 29.3 Å². The zero-order valence-electron chi connectivity index (χ0n) is 8.80. The molecule has 0 atom stereocenters. The summed E-state index contributed by atoms with van der Waals surface area (Å²) in [5.74, 6) is 0. The standard InChI is InChI=1S/C10H22N2/c1-10(2,3)9-12(4)8-6-5-7-11/h5-6H,7-9,11H2,1-4H3. The van der Waals surface area contributed by atoms with Gasteiger partial charge in [-0.2, -0.15) is 0 Å². The molecular weight excluding hydrogens is 148 g/mol. The maximum atomic E-state index is 5.34. The lowest BCUT2D eigenvalue weighted by Crippen LogP contribution is -2.29. The van der Waals surface area contributed by atoms with E-state index in [0.29, 0.717) is 12.0 Å². The van der Waals surface area contributed by atoms with E-state index in [2.05, 4.69) is 38.8 Å². The second-order valence-corrected chi connectivity index (χ2v) is 4.46. The van der Waals surface area contributed by atoms with E-state index in [1.807, 2.05) is 6.08 Å². The van der Waals surface area contributed by atoms with E-state index in [9.17, 15) is 0 Å². The van der Waals surface area contributed by atoms with Crippen LogP contribution in [0.1, 0.15) is 20.8 Å². The molecule has 2 N–H and O–H groups in total. The fourth-order valence-electron chi connectivity index (χ4n) is 1.23. The monoisotopic (exact) mass is 170 g/mol. The molecule has 0 amide bonds. The van der Waals surface area contributed by atoms with Crippen LogP contribution in [-0.4, -0.2) is 31.6 Å². The van der Waals surface area contributed by atoms with Gasteiger partial charge in [-0.25, -0.2) is 0 Å². The van der Waals surface area contributed by atoms with Crippen LogP contribution in [0.25, 0.3) is 0 Å². The number of likely N-dealkylation sites (N-methyl/N-ethyl adjacent to an activating group) is 1. The predicted molar refractivity (Wildman–Crippen MR) is 55.1 cm³/mol. The van der Waals surface area contributed by atoms with E-state index < -0.39 is 0 Å². The van der Waals surface area contributed by atoms with Crippen molar-refractivity contribution >= 4 is 0 Å². The first-order valence-electron chi connectivity index (χ1n) is 4.49. The number of hydrogen-bond acceptors (Lipinski definition) is 2. The van der Waals surface area contributed by atoms with Crippen LogP contribution in [0.3, 0.4) is 0 Å². The van der Waals surface area contributed by atoms with Gasteiger partial charge in [0.15, 0.2) is 0 Å². The summed E-state index contributed by atoms with van der Waals surface area (Å²) in [5, 5.41) is 0. The molecule has 0 bridgehead atoms. The lowest BCUT2D eigenvalue weighted by atomic mass is 9.96. The van der Waals surface area contributed by atoms with Crippen LogP contribution in [0.15, 0.2) is 12.2 Å². The van der Waals surface area contributed by atoms with Gasteiger partial charge in [0.25, 0.3) is 0 Å². The van der Waals surface area contributed by atoms with Crippen molar-refractivity contribution in [2.75, 3.05) is 26.7 Å². The molecule has 0 aliphatic heterocycles. The van der Waals surface area contributed by atoms with E-state index in [0.717, 1.165) is 13.1 Å². The minimum absolute atomic E-state index is 0.380. The molecule has 2 nitrogen and oxygen atoms in total. The first-order valence-corrected chi connectivity index (χ1v) is 4.49. The summed E-state index contributed by atoms with van der Waals surface area (Å²) in [6, 6.07) is 0. The van der Waals surface area contributed by atoms with Gasteiger partial charge >= 0.3 is 0 Å². The second kappa shape index (κ2) is 5.33. The summed E-state index contributed by atoms with van der Waals surface area (Å²) < 4.78 is 0. The minimum Gasteiger partial charge on any atom is -0.327 e. The quantitative estimate of drug-likeness (QED) is 0.648. The third-order valence-corrected chi connectivity index (χ3v) is 1.46. The maximum Gasteiger partial charge on any atom is 0.0160 e. The van der Waals surface area contributed by atoms with Gasteiger partial charge in [-0.15, -0.1) is 0 Å². The Kier molecular flexibility index (Phi) is 5.18. The molecule has 0 heterocycles. The van der Waals surface area contributed by atoms with Gasteiger partial charge in [-0.05, 0) is 12.5 Å². The second-order valence-electron chi connectivity index (χ2n) is 4.46. The van der Waals surface area contributed by atoms with Gasteiger partial charge in [0.2, 0.25) is 0 Å². The molecule has 0 aliphatic carbocycles. The van der Waals surface area contributed by atoms with Gasteiger partial charge in [0.05, 0.1) is 0 Å². The van der Waals surface area contributed by atoms with Crippen LogP contribution in [0.5, 0.6) is 0 Å². The molecule has 0 fully saturated rings.